The number of hydrogen-bond donors (Lipinski definition) is 3. The van der Waals surface area contributed by atoms with Gasteiger partial charge in [0.25, 0.3) is 0 Å². The van der Waals surface area contributed by atoms with Crippen molar-refractivity contribution < 1.29 is 32.9 Å². The molecule has 4 N–H and O–H groups in total. The molecule has 296 valence electrons. The highest BCUT2D eigenvalue weighted by atomic mass is 31.2. The Bertz CT molecular complexity index is 1410. The van der Waals surface area contributed by atoms with Crippen LogP contribution in [0.3, 0.4) is 0 Å². The molecule has 0 bridgehead atoms. The Morgan fingerprint density at radius 1 is 0.906 bits per heavy atom. The van der Waals surface area contributed by atoms with E-state index in [9.17, 15) is 9.28 Å². The standard InChI is InChI=1S/C30H55N4O5P.C8H6FNO.CHN/c1-3-4-5-6-7-8-9-10-11-12-13-14-15-16-22-37-23-17-24-38-40(35)39-25-28(36-2)20-18-27-19-21-29-30(31)32-26-33-34(27)29;9-8-2-6(4-10)1-7(3-8)5-11;1-2/h19,21,26,28,35H,3-18,20,22-25H2,1-2H3,(H2,31,32,33);1-3,11H,5H2;1H. The normalized spacial score (nSPS) is 12.0. The topological polar surface area (TPSA) is 181 Å². The van der Waals surface area contributed by atoms with E-state index < -0.39 is 14.4 Å². The zero-order valence-electron chi connectivity index (χ0n) is 31.8. The molecule has 0 fully saturated rings. The lowest BCUT2D eigenvalue weighted by Crippen LogP contribution is -2.18. The van der Waals surface area contributed by atoms with Crippen LogP contribution >= 0.6 is 8.60 Å². The number of rotatable bonds is 28. The van der Waals surface area contributed by atoms with Crippen LogP contribution in [0.4, 0.5) is 10.2 Å². The number of nitriles is 2. The molecule has 12 nitrogen and oxygen atoms in total. The smallest absolute Gasteiger partial charge is 0.329 e. The van der Waals surface area contributed by atoms with Crippen molar-refractivity contribution in [3.63, 3.8) is 0 Å². The second-order valence-corrected chi connectivity index (χ2v) is 13.7. The molecule has 1 aromatic carbocycles. The number of nitrogens with zero attached hydrogens (tertiary/aromatic N) is 5. The van der Waals surface area contributed by atoms with E-state index in [1.165, 1.54) is 102 Å². The molecule has 2 heterocycles. The Labute approximate surface area is 317 Å². The van der Waals surface area contributed by atoms with Gasteiger partial charge in [0.05, 0.1) is 37.6 Å². The Balaban J connectivity index is 0.000000910. The van der Waals surface area contributed by atoms with Crippen molar-refractivity contribution in [2.45, 2.75) is 129 Å². The predicted molar refractivity (Wildman–Crippen MR) is 207 cm³/mol. The van der Waals surface area contributed by atoms with Crippen LogP contribution in [0.2, 0.25) is 0 Å². The molecule has 0 aliphatic rings. The van der Waals surface area contributed by atoms with Gasteiger partial charge < -0.3 is 34.3 Å². The Morgan fingerprint density at radius 3 is 2.13 bits per heavy atom. The highest BCUT2D eigenvalue weighted by Gasteiger charge is 2.15. The summed E-state index contributed by atoms with van der Waals surface area (Å²) in [4.78, 5) is 14.1. The maximum absolute atomic E-state index is 12.5. The van der Waals surface area contributed by atoms with Crippen LogP contribution in [0, 0.1) is 29.0 Å². The van der Waals surface area contributed by atoms with Crippen molar-refractivity contribution in [1.29, 1.82) is 10.5 Å². The monoisotopic (exact) mass is 760 g/mol. The number of hydrogen-bond acceptors (Lipinski definition) is 11. The minimum Gasteiger partial charge on any atom is -0.392 e. The number of aromatic nitrogens is 3. The SMILES string of the molecule is C#N.CCCCCCCCCCCCCCCCOCCCOP(O)OCC(CCc1ccc2c(N)ncnn12)OC.N#Cc1cc(F)cc(CO)c1. The molecule has 0 aliphatic carbocycles. The minimum absolute atomic E-state index is 0.168. The van der Waals surface area contributed by atoms with E-state index in [-0.39, 0.29) is 24.9 Å². The van der Waals surface area contributed by atoms with E-state index in [2.05, 4.69) is 23.6 Å². The molecule has 2 atom stereocenters. The van der Waals surface area contributed by atoms with Crippen molar-refractivity contribution in [2.24, 2.45) is 0 Å². The molecule has 0 radical (unpaired) electrons. The summed E-state index contributed by atoms with van der Waals surface area (Å²) >= 11 is 0. The molecule has 2 aromatic heterocycles. The number of aliphatic hydroxyl groups excluding tert-OH is 1. The molecular formula is C39H62FN6O6P. The number of anilines is 1. The molecule has 53 heavy (non-hydrogen) atoms. The molecule has 0 aliphatic heterocycles. The Kier molecular flexibility index (Phi) is 29.0. The molecule has 3 rings (SSSR count). The van der Waals surface area contributed by atoms with Gasteiger partial charge in [-0.1, -0.05) is 90.4 Å². The second kappa shape index (κ2) is 32.2. The molecule has 0 amide bonds. The quantitative estimate of drug-likeness (QED) is 0.0476. The number of aliphatic hydroxyl groups is 1. The molecule has 0 spiro atoms. The van der Waals surface area contributed by atoms with Gasteiger partial charge in [0.1, 0.15) is 17.7 Å². The fourth-order valence-electron chi connectivity index (χ4n) is 5.57. The third-order valence-corrected chi connectivity index (χ3v) is 9.31. The van der Waals surface area contributed by atoms with Gasteiger partial charge in [0.2, 0.25) is 0 Å². The number of ether oxygens (including phenoxy) is 2. The number of nitrogen functional groups attached to an aromatic ring is 1. The van der Waals surface area contributed by atoms with E-state index in [4.69, 9.17) is 39.9 Å². The molecule has 2 unspecified atom stereocenters. The highest BCUT2D eigenvalue weighted by molar-refractivity contribution is 7.40. The van der Waals surface area contributed by atoms with Gasteiger partial charge in [0.15, 0.2) is 5.82 Å². The summed E-state index contributed by atoms with van der Waals surface area (Å²) in [5, 5.41) is 27.8. The van der Waals surface area contributed by atoms with Gasteiger partial charge in [-0.3, -0.25) is 0 Å². The third-order valence-electron chi connectivity index (χ3n) is 8.53. The lowest BCUT2D eigenvalue weighted by atomic mass is 10.0. The van der Waals surface area contributed by atoms with Crippen molar-refractivity contribution in [2.75, 3.05) is 39.3 Å². The highest BCUT2D eigenvalue weighted by Crippen LogP contribution is 2.33. The van der Waals surface area contributed by atoms with Gasteiger partial charge in [-0.25, -0.2) is 19.2 Å². The summed E-state index contributed by atoms with van der Waals surface area (Å²) in [6.45, 7) is 7.64. The van der Waals surface area contributed by atoms with E-state index >= 15 is 0 Å². The molecular weight excluding hydrogens is 698 g/mol. The minimum atomic E-state index is -1.93. The van der Waals surface area contributed by atoms with Crippen molar-refractivity contribution in [3.05, 3.63) is 59.3 Å². The summed E-state index contributed by atoms with van der Waals surface area (Å²) in [6, 6.07) is 9.45. The summed E-state index contributed by atoms with van der Waals surface area (Å²) < 4.78 is 36.5. The first-order valence-electron chi connectivity index (χ1n) is 18.9. The number of halogens is 1. The summed E-state index contributed by atoms with van der Waals surface area (Å²) in [6.07, 6.45) is 22.5. The lowest BCUT2D eigenvalue weighted by molar-refractivity contribution is 0.0429. The van der Waals surface area contributed by atoms with Crippen LogP contribution in [0.25, 0.3) is 5.52 Å². The Morgan fingerprint density at radius 2 is 1.53 bits per heavy atom. The molecule has 0 saturated carbocycles. The first-order valence-corrected chi connectivity index (χ1v) is 20.0. The van der Waals surface area contributed by atoms with Crippen LogP contribution in [0.5, 0.6) is 0 Å². The molecule has 0 saturated heterocycles. The van der Waals surface area contributed by atoms with E-state index in [0.717, 1.165) is 43.1 Å². The van der Waals surface area contributed by atoms with Gasteiger partial charge in [-0.2, -0.15) is 10.4 Å². The lowest BCUT2D eigenvalue weighted by Gasteiger charge is -2.17. The zero-order chi connectivity index (χ0) is 38.9. The number of fused-ring (bicyclic) bond motifs is 1. The third kappa shape index (κ3) is 22.5. The zero-order valence-corrected chi connectivity index (χ0v) is 32.7. The van der Waals surface area contributed by atoms with Crippen LogP contribution in [-0.2, 0) is 31.5 Å². The van der Waals surface area contributed by atoms with E-state index in [1.54, 1.807) is 17.7 Å². The second-order valence-electron chi connectivity index (χ2n) is 12.7. The van der Waals surface area contributed by atoms with Gasteiger partial charge in [0, 0.05) is 32.6 Å². The average molecular weight is 761 g/mol. The number of benzene rings is 1. The first-order chi connectivity index (χ1) is 25.9. The van der Waals surface area contributed by atoms with Gasteiger partial charge in [-0.15, -0.1) is 0 Å². The number of methoxy groups -OCH3 is 1. The fraction of sp³-hybridized carbons (Fsp3) is 0.641. The van der Waals surface area contributed by atoms with Crippen LogP contribution in [0.15, 0.2) is 36.7 Å². The molecule has 14 heteroatoms. The van der Waals surface area contributed by atoms with E-state index in [0.29, 0.717) is 31.0 Å². The van der Waals surface area contributed by atoms with Crippen LogP contribution < -0.4 is 5.73 Å². The molecule has 3 aromatic rings. The Hall–Kier alpha value is -3.26. The van der Waals surface area contributed by atoms with Crippen molar-refractivity contribution in [1.82, 2.24) is 14.6 Å². The maximum atomic E-state index is 12.5. The van der Waals surface area contributed by atoms with Gasteiger partial charge >= 0.3 is 8.60 Å². The van der Waals surface area contributed by atoms with Crippen molar-refractivity contribution >= 4 is 19.9 Å². The van der Waals surface area contributed by atoms with Crippen LogP contribution in [-0.4, -0.2) is 64.2 Å². The van der Waals surface area contributed by atoms with Gasteiger partial charge in [-0.05, 0) is 61.6 Å². The maximum Gasteiger partial charge on any atom is 0.329 e. The number of aryl methyl sites for hydroxylation is 1. The first kappa shape index (κ1) is 47.8. The fourth-order valence-corrected chi connectivity index (χ4v) is 6.22. The van der Waals surface area contributed by atoms with E-state index in [1.807, 2.05) is 12.1 Å². The largest absolute Gasteiger partial charge is 0.392 e. The van der Waals surface area contributed by atoms with Crippen LogP contribution in [0.1, 0.15) is 126 Å². The summed E-state index contributed by atoms with van der Waals surface area (Å²) in [7, 11) is -0.291. The predicted octanol–water partition coefficient (Wildman–Crippen LogP) is 8.73. The number of nitrogens with two attached hydrogens (primary N) is 1. The summed E-state index contributed by atoms with van der Waals surface area (Å²) in [5.41, 5.74) is 8.35. The number of unbranched alkanes of at least 4 members (excludes halogenated alkanes) is 13. The van der Waals surface area contributed by atoms with Crippen molar-refractivity contribution in [3.8, 4) is 12.6 Å². The average Bonchev–Trinajstić information content (AvgIpc) is 3.60. The summed E-state index contributed by atoms with van der Waals surface area (Å²) in [5.74, 6) is -0.0377.